The molecule has 1 aromatic heterocycles. The lowest BCUT2D eigenvalue weighted by Gasteiger charge is -2.28. The van der Waals surface area contributed by atoms with Crippen LogP contribution in [-0.4, -0.2) is 62.7 Å². The van der Waals surface area contributed by atoms with Crippen LogP contribution < -0.4 is 5.32 Å². The molecule has 1 saturated heterocycles. The molecule has 0 aliphatic carbocycles. The van der Waals surface area contributed by atoms with Crippen molar-refractivity contribution in [1.29, 1.82) is 0 Å². The third-order valence-corrected chi connectivity index (χ3v) is 6.81. The first-order chi connectivity index (χ1) is 17.1. The molecule has 1 fully saturated rings. The summed E-state index contributed by atoms with van der Waals surface area (Å²) in [6, 6.07) is 17.6. The highest BCUT2D eigenvalue weighted by Crippen LogP contribution is 2.26. The number of aromatic nitrogens is 2. The summed E-state index contributed by atoms with van der Waals surface area (Å²) in [7, 11) is 0. The third kappa shape index (κ3) is 5.38. The van der Waals surface area contributed by atoms with Gasteiger partial charge < -0.3 is 15.3 Å². The van der Waals surface area contributed by atoms with E-state index in [0.717, 1.165) is 49.3 Å². The molecule has 2 aliphatic rings. The molecule has 2 aromatic carbocycles. The second kappa shape index (κ2) is 10.3. The van der Waals surface area contributed by atoms with Gasteiger partial charge in [0.05, 0.1) is 0 Å². The number of carbonyl (C=O) groups excluding carboxylic acids is 2. The highest BCUT2D eigenvalue weighted by molar-refractivity contribution is 5.94. The predicted octanol–water partition coefficient (Wildman–Crippen LogP) is 2.35. The molecule has 0 spiro atoms. The lowest BCUT2D eigenvalue weighted by atomic mass is 10.0. The van der Waals surface area contributed by atoms with Crippen molar-refractivity contribution in [3.63, 3.8) is 0 Å². The van der Waals surface area contributed by atoms with Crippen LogP contribution in [0.3, 0.4) is 0 Å². The van der Waals surface area contributed by atoms with Crippen molar-refractivity contribution in [3.8, 4) is 5.75 Å². The minimum atomic E-state index is -0.0947. The molecule has 0 unspecified atom stereocenters. The molecule has 0 saturated carbocycles. The first-order valence-corrected chi connectivity index (χ1v) is 12.3. The molecule has 3 aromatic rings. The number of nitrogens with one attached hydrogen (secondary N) is 1. The molecular weight excluding hydrogens is 442 g/mol. The summed E-state index contributed by atoms with van der Waals surface area (Å²) < 4.78 is 2.02. The summed E-state index contributed by atoms with van der Waals surface area (Å²) in [5.74, 6) is 0.145. The molecule has 35 heavy (non-hydrogen) atoms. The highest BCUT2D eigenvalue weighted by atomic mass is 16.3. The van der Waals surface area contributed by atoms with Crippen molar-refractivity contribution in [2.45, 2.75) is 38.9 Å². The minimum absolute atomic E-state index is 0.0178. The quantitative estimate of drug-likeness (QED) is 0.574. The van der Waals surface area contributed by atoms with Gasteiger partial charge in [0.1, 0.15) is 5.75 Å². The maximum atomic E-state index is 13.6. The summed E-state index contributed by atoms with van der Waals surface area (Å²) in [6.45, 7) is 4.35. The summed E-state index contributed by atoms with van der Waals surface area (Å²) in [5, 5.41) is 17.3. The Balaban J connectivity index is 1.40. The highest BCUT2D eigenvalue weighted by Gasteiger charge is 2.31. The molecule has 0 bridgehead atoms. The Bertz CT molecular complexity index is 1190. The summed E-state index contributed by atoms with van der Waals surface area (Å²) in [5.41, 5.74) is 5.00. The SMILES string of the molecule is O=C1CCN(C(=O)c2nn(CCc3ccccc3)c3c2CN(Cc2ccc(O)cc2)CC3)CCN1. The van der Waals surface area contributed by atoms with Crippen molar-refractivity contribution in [2.75, 3.05) is 26.2 Å². The van der Waals surface area contributed by atoms with E-state index in [9.17, 15) is 14.7 Å². The van der Waals surface area contributed by atoms with Gasteiger partial charge in [-0.3, -0.25) is 19.2 Å². The van der Waals surface area contributed by atoms with E-state index < -0.39 is 0 Å². The Labute approximate surface area is 205 Å². The molecule has 182 valence electrons. The number of phenols is 1. The van der Waals surface area contributed by atoms with Gasteiger partial charge in [0.2, 0.25) is 5.91 Å². The average Bonchev–Trinajstić information content (AvgIpc) is 3.09. The minimum Gasteiger partial charge on any atom is -0.508 e. The van der Waals surface area contributed by atoms with Gasteiger partial charge in [0.15, 0.2) is 5.69 Å². The Hall–Kier alpha value is -3.65. The second-order valence-corrected chi connectivity index (χ2v) is 9.25. The molecule has 8 nitrogen and oxygen atoms in total. The van der Waals surface area contributed by atoms with Gasteiger partial charge in [-0.1, -0.05) is 42.5 Å². The van der Waals surface area contributed by atoms with Crippen LogP contribution in [0.15, 0.2) is 54.6 Å². The van der Waals surface area contributed by atoms with E-state index >= 15 is 0 Å². The number of aromatic hydroxyl groups is 1. The number of carbonyl (C=O) groups is 2. The lowest BCUT2D eigenvalue weighted by molar-refractivity contribution is -0.120. The average molecular weight is 474 g/mol. The van der Waals surface area contributed by atoms with E-state index in [1.165, 1.54) is 5.56 Å². The molecule has 2 N–H and O–H groups in total. The van der Waals surface area contributed by atoms with Crippen LogP contribution >= 0.6 is 0 Å². The van der Waals surface area contributed by atoms with Gasteiger partial charge >= 0.3 is 0 Å². The van der Waals surface area contributed by atoms with Crippen LogP contribution in [0.4, 0.5) is 0 Å². The Morgan fingerprint density at radius 1 is 0.971 bits per heavy atom. The van der Waals surface area contributed by atoms with Crippen LogP contribution in [0.25, 0.3) is 0 Å². The van der Waals surface area contributed by atoms with E-state index in [4.69, 9.17) is 5.10 Å². The third-order valence-electron chi connectivity index (χ3n) is 6.81. The van der Waals surface area contributed by atoms with Gasteiger partial charge in [0, 0.05) is 69.9 Å². The van der Waals surface area contributed by atoms with Gasteiger partial charge in [0.25, 0.3) is 5.91 Å². The van der Waals surface area contributed by atoms with E-state index in [2.05, 4.69) is 22.3 Å². The van der Waals surface area contributed by atoms with Crippen LogP contribution in [0.5, 0.6) is 5.75 Å². The zero-order valence-electron chi connectivity index (χ0n) is 19.8. The first kappa shape index (κ1) is 23.1. The number of nitrogens with zero attached hydrogens (tertiary/aromatic N) is 4. The number of hydrogen-bond donors (Lipinski definition) is 2. The number of phenolic OH excluding ortho intramolecular Hbond substituents is 1. The molecule has 2 amide bonds. The zero-order chi connectivity index (χ0) is 24.2. The maximum absolute atomic E-state index is 13.6. The molecule has 2 aliphatic heterocycles. The fourth-order valence-electron chi connectivity index (χ4n) is 4.90. The van der Waals surface area contributed by atoms with Crippen LogP contribution in [0.1, 0.15) is 39.3 Å². The summed E-state index contributed by atoms with van der Waals surface area (Å²) >= 11 is 0. The van der Waals surface area contributed by atoms with Crippen molar-refractivity contribution in [3.05, 3.63) is 82.7 Å². The normalized spacial score (nSPS) is 16.5. The standard InChI is InChI=1S/C27H31N5O3/c33-22-8-6-21(7-9-22)18-30-14-11-24-23(19-30)26(27(35)31-15-12-25(34)28-13-17-31)29-32(24)16-10-20-4-2-1-3-5-20/h1-9,33H,10-19H2,(H,28,34). The van der Waals surface area contributed by atoms with Crippen molar-refractivity contribution < 1.29 is 14.7 Å². The van der Waals surface area contributed by atoms with Crippen LogP contribution in [0, 0.1) is 0 Å². The van der Waals surface area contributed by atoms with E-state index in [1.54, 1.807) is 17.0 Å². The van der Waals surface area contributed by atoms with Gasteiger partial charge in [-0.2, -0.15) is 5.10 Å². The summed E-state index contributed by atoms with van der Waals surface area (Å²) in [4.78, 5) is 29.4. The molecule has 8 heteroatoms. The topological polar surface area (TPSA) is 90.7 Å². The number of fused-ring (bicyclic) bond motifs is 1. The van der Waals surface area contributed by atoms with Crippen LogP contribution in [0.2, 0.25) is 0 Å². The Kier molecular flexibility index (Phi) is 6.81. The zero-order valence-corrected chi connectivity index (χ0v) is 19.8. The summed E-state index contributed by atoms with van der Waals surface area (Å²) in [6.07, 6.45) is 1.99. The number of rotatable bonds is 6. The van der Waals surface area contributed by atoms with E-state index in [0.29, 0.717) is 38.3 Å². The lowest BCUT2D eigenvalue weighted by Crippen LogP contribution is -2.36. The van der Waals surface area contributed by atoms with Crippen molar-refractivity contribution >= 4 is 11.8 Å². The van der Waals surface area contributed by atoms with Crippen LogP contribution in [-0.2, 0) is 37.3 Å². The maximum Gasteiger partial charge on any atom is 0.274 e. The van der Waals surface area contributed by atoms with Crippen molar-refractivity contribution in [1.82, 2.24) is 24.9 Å². The van der Waals surface area contributed by atoms with Gasteiger partial charge in [-0.05, 0) is 29.7 Å². The second-order valence-electron chi connectivity index (χ2n) is 9.25. The predicted molar refractivity (Wildman–Crippen MR) is 132 cm³/mol. The van der Waals surface area contributed by atoms with Crippen molar-refractivity contribution in [2.24, 2.45) is 0 Å². The number of benzene rings is 2. The first-order valence-electron chi connectivity index (χ1n) is 12.3. The Morgan fingerprint density at radius 2 is 1.77 bits per heavy atom. The Morgan fingerprint density at radius 3 is 2.57 bits per heavy atom. The van der Waals surface area contributed by atoms with Gasteiger partial charge in [-0.25, -0.2) is 0 Å². The molecular formula is C27H31N5O3. The number of amides is 2. The molecule has 0 radical (unpaired) electrons. The molecule has 0 atom stereocenters. The largest absolute Gasteiger partial charge is 0.508 e. The smallest absolute Gasteiger partial charge is 0.274 e. The monoisotopic (exact) mass is 473 g/mol. The fraction of sp³-hybridized carbons (Fsp3) is 0.370. The number of aryl methyl sites for hydroxylation is 2. The van der Waals surface area contributed by atoms with Gasteiger partial charge in [-0.15, -0.1) is 0 Å². The van der Waals surface area contributed by atoms with E-state index in [-0.39, 0.29) is 17.6 Å². The molecule has 5 rings (SSSR count). The number of hydrogen-bond acceptors (Lipinski definition) is 5. The van der Waals surface area contributed by atoms with E-state index in [1.807, 2.05) is 35.0 Å². The molecule has 3 heterocycles. The fourth-order valence-corrected chi connectivity index (χ4v) is 4.90.